The van der Waals surface area contributed by atoms with Gasteiger partial charge < -0.3 is 9.47 Å². The van der Waals surface area contributed by atoms with Crippen LogP contribution in [0.25, 0.3) is 0 Å². The molecule has 0 N–H and O–H groups in total. The highest BCUT2D eigenvalue weighted by Gasteiger charge is 1.94. The van der Waals surface area contributed by atoms with Crippen molar-refractivity contribution in [2.45, 2.75) is 13.2 Å². The third kappa shape index (κ3) is 2.62. The van der Waals surface area contributed by atoms with Gasteiger partial charge in [0.15, 0.2) is 0 Å². The van der Waals surface area contributed by atoms with E-state index >= 15 is 0 Å². The largest absolute Gasteiger partial charge is 0.345 e. The van der Waals surface area contributed by atoms with Gasteiger partial charge in [-0.05, 0) is 12.8 Å². The summed E-state index contributed by atoms with van der Waals surface area (Å²) in [6.45, 7) is 1.74. The van der Waals surface area contributed by atoms with Crippen molar-refractivity contribution in [3.05, 3.63) is 0 Å². The fourth-order valence-electron chi connectivity index (χ4n) is 0.332. The fourth-order valence-corrected chi connectivity index (χ4v) is 0.332. The molecule has 0 bridgehead atoms. The van der Waals surface area contributed by atoms with Crippen LogP contribution < -0.4 is 0 Å². The van der Waals surface area contributed by atoms with Gasteiger partial charge in [-0.2, -0.15) is 0 Å². The first-order chi connectivity index (χ1) is 3.85. The van der Waals surface area contributed by atoms with Crippen LogP contribution in [0.2, 0.25) is 0 Å². The Labute approximate surface area is 49.8 Å². The Bertz CT molecular complexity index is 94.8. The Balaban J connectivity index is 3.47. The van der Waals surface area contributed by atoms with Crippen molar-refractivity contribution in [2.24, 2.45) is 0 Å². The van der Waals surface area contributed by atoms with E-state index in [9.17, 15) is 0 Å². The van der Waals surface area contributed by atoms with Crippen LogP contribution in [0.4, 0.5) is 0 Å². The molecule has 0 radical (unpaired) electrons. The molecule has 8 heavy (non-hydrogen) atoms. The van der Waals surface area contributed by atoms with Gasteiger partial charge in [0.2, 0.25) is 6.29 Å². The Hall–Kier alpha value is -0.520. The molecule has 2 heteroatoms. The first-order valence-electron chi connectivity index (χ1n) is 2.33. The molecule has 0 amide bonds. The quantitative estimate of drug-likeness (QED) is 0.387. The summed E-state index contributed by atoms with van der Waals surface area (Å²) in [7, 11) is 3.11. The van der Waals surface area contributed by atoms with E-state index in [1.54, 1.807) is 21.1 Å². The molecule has 0 aliphatic carbocycles. The lowest BCUT2D eigenvalue weighted by atomic mass is 10.6. The minimum absolute atomic E-state index is 0.361. The minimum Gasteiger partial charge on any atom is -0.345 e. The number of hydrogen-bond acceptors (Lipinski definition) is 2. The van der Waals surface area contributed by atoms with E-state index in [1.807, 2.05) is 0 Å². The first-order valence-corrected chi connectivity index (χ1v) is 2.33. The molecule has 0 spiro atoms. The summed E-state index contributed by atoms with van der Waals surface area (Å²) in [5, 5.41) is 0. The smallest absolute Gasteiger partial charge is 0.221 e. The van der Waals surface area contributed by atoms with E-state index in [2.05, 4.69) is 11.8 Å². The summed E-state index contributed by atoms with van der Waals surface area (Å²) >= 11 is 0. The summed E-state index contributed by atoms with van der Waals surface area (Å²) in [4.78, 5) is 0. The molecule has 0 aliphatic heterocycles. The summed E-state index contributed by atoms with van der Waals surface area (Å²) < 4.78 is 9.49. The lowest BCUT2D eigenvalue weighted by molar-refractivity contribution is -0.0595. The predicted octanol–water partition coefficient (Wildman–Crippen LogP) is 0.629. The highest BCUT2D eigenvalue weighted by Crippen LogP contribution is 1.84. The van der Waals surface area contributed by atoms with Crippen molar-refractivity contribution in [1.82, 2.24) is 0 Å². The zero-order chi connectivity index (χ0) is 6.41. The Morgan fingerprint density at radius 2 is 1.75 bits per heavy atom. The topological polar surface area (TPSA) is 18.5 Å². The maximum atomic E-state index is 4.74. The lowest BCUT2D eigenvalue weighted by Crippen LogP contribution is -2.08. The van der Waals surface area contributed by atoms with E-state index in [4.69, 9.17) is 9.47 Å². The highest BCUT2D eigenvalue weighted by molar-refractivity contribution is 4.98. The van der Waals surface area contributed by atoms with Crippen LogP contribution in [0.5, 0.6) is 0 Å². The minimum atomic E-state index is -0.361. The Kier molecular flexibility index (Phi) is 4.33. The molecule has 0 aromatic heterocycles. The van der Waals surface area contributed by atoms with Crippen LogP contribution in [-0.4, -0.2) is 20.5 Å². The van der Waals surface area contributed by atoms with Gasteiger partial charge in [-0.1, -0.05) is 0 Å². The monoisotopic (exact) mass is 114 g/mol. The molecule has 0 aromatic carbocycles. The van der Waals surface area contributed by atoms with Crippen molar-refractivity contribution in [3.8, 4) is 11.8 Å². The van der Waals surface area contributed by atoms with Gasteiger partial charge in [0, 0.05) is 14.2 Å². The molecule has 0 aromatic rings. The van der Waals surface area contributed by atoms with Gasteiger partial charge in [0.25, 0.3) is 0 Å². The Morgan fingerprint density at radius 1 is 1.25 bits per heavy atom. The van der Waals surface area contributed by atoms with Gasteiger partial charge in [0.05, 0.1) is 0 Å². The van der Waals surface area contributed by atoms with Crippen LogP contribution in [-0.2, 0) is 9.47 Å². The van der Waals surface area contributed by atoms with Gasteiger partial charge in [0.1, 0.15) is 0 Å². The average Bonchev–Trinajstić information content (AvgIpc) is 1.83. The fraction of sp³-hybridized carbons (Fsp3) is 0.667. The van der Waals surface area contributed by atoms with Crippen molar-refractivity contribution in [3.63, 3.8) is 0 Å². The molecule has 0 saturated heterocycles. The van der Waals surface area contributed by atoms with Gasteiger partial charge in [-0.3, -0.25) is 0 Å². The number of methoxy groups -OCH3 is 2. The van der Waals surface area contributed by atoms with E-state index in [-0.39, 0.29) is 6.29 Å². The molecule has 0 fully saturated rings. The van der Waals surface area contributed by atoms with Gasteiger partial charge in [-0.25, -0.2) is 0 Å². The van der Waals surface area contributed by atoms with Gasteiger partial charge in [-0.15, -0.1) is 5.92 Å². The molecule has 0 rings (SSSR count). The van der Waals surface area contributed by atoms with E-state index in [1.165, 1.54) is 0 Å². The SMILES string of the molecule is CC#CC(OC)OC. The summed E-state index contributed by atoms with van der Waals surface area (Å²) in [5.41, 5.74) is 0. The highest BCUT2D eigenvalue weighted by atomic mass is 16.7. The first kappa shape index (κ1) is 7.48. The number of rotatable bonds is 2. The molecule has 46 valence electrons. The standard InChI is InChI=1S/C6H10O2/c1-4-5-6(7-2)8-3/h6H,1-3H3. The van der Waals surface area contributed by atoms with Crippen LogP contribution in [0, 0.1) is 11.8 Å². The molecule has 0 unspecified atom stereocenters. The predicted molar refractivity (Wildman–Crippen MR) is 31.3 cm³/mol. The molecule has 0 aliphatic rings. The third-order valence-electron chi connectivity index (χ3n) is 0.690. The normalized spacial score (nSPS) is 8.50. The summed E-state index contributed by atoms with van der Waals surface area (Å²) in [5.74, 6) is 5.36. The molecular formula is C6H10O2. The van der Waals surface area contributed by atoms with Crippen molar-refractivity contribution in [2.75, 3.05) is 14.2 Å². The van der Waals surface area contributed by atoms with Crippen molar-refractivity contribution in [1.29, 1.82) is 0 Å². The Morgan fingerprint density at radius 3 is 1.88 bits per heavy atom. The number of hydrogen-bond donors (Lipinski definition) is 0. The van der Waals surface area contributed by atoms with E-state index in [0.717, 1.165) is 0 Å². The molecule has 0 saturated carbocycles. The summed E-state index contributed by atoms with van der Waals surface area (Å²) in [6, 6.07) is 0. The van der Waals surface area contributed by atoms with E-state index in [0.29, 0.717) is 0 Å². The van der Waals surface area contributed by atoms with Crippen LogP contribution in [0.1, 0.15) is 6.92 Å². The lowest BCUT2D eigenvalue weighted by Gasteiger charge is -2.02. The third-order valence-corrected chi connectivity index (χ3v) is 0.690. The molecule has 0 heterocycles. The zero-order valence-electron chi connectivity index (χ0n) is 5.39. The maximum Gasteiger partial charge on any atom is 0.221 e. The molecular weight excluding hydrogens is 104 g/mol. The second-order valence-corrected chi connectivity index (χ2v) is 1.20. The van der Waals surface area contributed by atoms with Crippen molar-refractivity contribution >= 4 is 0 Å². The summed E-state index contributed by atoms with van der Waals surface area (Å²) in [6.07, 6.45) is -0.361. The second-order valence-electron chi connectivity index (χ2n) is 1.20. The second kappa shape index (κ2) is 4.63. The zero-order valence-corrected chi connectivity index (χ0v) is 5.39. The average molecular weight is 114 g/mol. The number of ether oxygens (including phenoxy) is 2. The van der Waals surface area contributed by atoms with Crippen LogP contribution in [0.15, 0.2) is 0 Å². The van der Waals surface area contributed by atoms with Gasteiger partial charge >= 0.3 is 0 Å². The molecule has 0 atom stereocenters. The van der Waals surface area contributed by atoms with Crippen molar-refractivity contribution < 1.29 is 9.47 Å². The molecule has 2 nitrogen and oxygen atoms in total. The van der Waals surface area contributed by atoms with Crippen LogP contribution in [0.3, 0.4) is 0 Å². The van der Waals surface area contributed by atoms with E-state index < -0.39 is 0 Å². The van der Waals surface area contributed by atoms with Crippen LogP contribution >= 0.6 is 0 Å². The maximum absolute atomic E-state index is 4.74.